The van der Waals surface area contributed by atoms with E-state index in [1.54, 1.807) is 6.21 Å². The van der Waals surface area contributed by atoms with Crippen LogP contribution in [0.1, 0.15) is 27.8 Å². The van der Waals surface area contributed by atoms with Gasteiger partial charge in [-0.2, -0.15) is 15.1 Å². The molecule has 6 nitrogen and oxygen atoms in total. The lowest BCUT2D eigenvalue weighted by Gasteiger charge is -2.14. The minimum absolute atomic E-state index is 0.332. The van der Waals surface area contributed by atoms with Crippen LogP contribution in [0, 0.1) is 20.8 Å². The lowest BCUT2D eigenvalue weighted by Crippen LogP contribution is -2.13. The van der Waals surface area contributed by atoms with Crippen LogP contribution >= 0.6 is 0 Å². The third-order valence-electron chi connectivity index (χ3n) is 4.78. The molecule has 0 amide bonds. The molecule has 0 atom stereocenters. The molecule has 156 valence electrons. The second-order valence-corrected chi connectivity index (χ2v) is 7.59. The molecule has 0 fully saturated rings. The van der Waals surface area contributed by atoms with Crippen LogP contribution in [0.4, 0.5) is 11.6 Å². The Bertz CT molecular complexity index is 1030. The Hall–Kier alpha value is -3.41. The monoisotopic (exact) mass is 403 g/mol. The number of hydrogen-bond acceptors (Lipinski definition) is 6. The number of anilines is 2. The molecule has 3 aromatic rings. The lowest BCUT2D eigenvalue weighted by atomic mass is 10.0. The summed E-state index contributed by atoms with van der Waals surface area (Å²) in [5.41, 5.74) is 9.02. The van der Waals surface area contributed by atoms with Crippen molar-refractivity contribution < 1.29 is 4.74 Å². The first-order valence-corrected chi connectivity index (χ1v) is 10.0. The molecule has 0 saturated heterocycles. The predicted octanol–water partition coefficient (Wildman–Crippen LogP) is 4.54. The van der Waals surface area contributed by atoms with E-state index in [1.807, 2.05) is 37.2 Å². The van der Waals surface area contributed by atoms with Crippen LogP contribution in [-0.4, -0.2) is 36.9 Å². The van der Waals surface area contributed by atoms with Gasteiger partial charge in [-0.05, 0) is 43.0 Å². The summed E-state index contributed by atoms with van der Waals surface area (Å²) >= 11 is 0. The fourth-order valence-corrected chi connectivity index (χ4v) is 2.91. The first kappa shape index (κ1) is 21.3. The van der Waals surface area contributed by atoms with Gasteiger partial charge in [0.25, 0.3) is 0 Å². The summed E-state index contributed by atoms with van der Waals surface area (Å²) in [6.07, 6.45) is 2.57. The molecule has 6 heteroatoms. The zero-order valence-corrected chi connectivity index (χ0v) is 18.3. The van der Waals surface area contributed by atoms with Gasteiger partial charge in [-0.1, -0.05) is 48.0 Å². The number of rotatable bonds is 8. The Labute approximate surface area is 178 Å². The predicted molar refractivity (Wildman–Crippen MR) is 124 cm³/mol. The van der Waals surface area contributed by atoms with Crippen LogP contribution in [0.3, 0.4) is 0 Å². The molecule has 0 aliphatic heterocycles. The lowest BCUT2D eigenvalue weighted by molar-refractivity contribution is 0.297. The van der Waals surface area contributed by atoms with Crippen molar-refractivity contribution in [3.05, 3.63) is 76.3 Å². The maximum atomic E-state index is 5.85. The largest absolute Gasteiger partial charge is 0.463 e. The second-order valence-electron chi connectivity index (χ2n) is 7.59. The third-order valence-corrected chi connectivity index (χ3v) is 4.78. The Morgan fingerprint density at radius 3 is 2.57 bits per heavy atom. The summed E-state index contributed by atoms with van der Waals surface area (Å²) in [6, 6.07) is 16.8. The molecule has 0 spiro atoms. The highest BCUT2D eigenvalue weighted by molar-refractivity contribution is 5.80. The van der Waals surface area contributed by atoms with E-state index in [4.69, 9.17) is 4.74 Å². The van der Waals surface area contributed by atoms with Crippen molar-refractivity contribution in [2.45, 2.75) is 27.2 Å². The average Bonchev–Trinajstić information content (AvgIpc) is 2.70. The van der Waals surface area contributed by atoms with E-state index in [2.05, 4.69) is 71.6 Å². The summed E-state index contributed by atoms with van der Waals surface area (Å²) in [7, 11) is 3.86. The summed E-state index contributed by atoms with van der Waals surface area (Å²) < 4.78 is 5.85. The van der Waals surface area contributed by atoms with E-state index in [9.17, 15) is 0 Å². The van der Waals surface area contributed by atoms with Gasteiger partial charge in [-0.15, -0.1) is 0 Å². The minimum atomic E-state index is 0.332. The number of hydrogen-bond donors (Lipinski definition) is 1. The quantitative estimate of drug-likeness (QED) is 0.442. The summed E-state index contributed by atoms with van der Waals surface area (Å²) in [5.74, 6) is 1.33. The van der Waals surface area contributed by atoms with Crippen LogP contribution in [0.25, 0.3) is 0 Å². The average molecular weight is 404 g/mol. The molecule has 0 aliphatic rings. The molecular formula is C24H29N5O. The van der Waals surface area contributed by atoms with Gasteiger partial charge in [0.1, 0.15) is 5.82 Å². The number of aromatic nitrogens is 2. The number of nitrogens with zero attached hydrogens (tertiary/aromatic N) is 4. The zero-order valence-electron chi connectivity index (χ0n) is 18.3. The van der Waals surface area contributed by atoms with Crippen molar-refractivity contribution in [1.29, 1.82) is 0 Å². The SMILES string of the molecule is Cc1cccc(/C=N\Nc2cc(N(C)C)nc(OCCc3ccc(C)c(C)c3)n2)c1. The normalized spacial score (nSPS) is 11.0. The standard InChI is InChI=1S/C24H29N5O/c1-17-7-6-8-21(13-17)16-25-28-22-15-23(29(4)5)27-24(26-22)30-12-11-20-10-9-18(2)19(3)14-20/h6-10,13-16H,11-12H2,1-5H3,(H,26,27,28)/b25-16-. The Morgan fingerprint density at radius 2 is 1.83 bits per heavy atom. The van der Waals surface area contributed by atoms with Crippen LogP contribution in [0.2, 0.25) is 0 Å². The van der Waals surface area contributed by atoms with Gasteiger partial charge in [0, 0.05) is 26.6 Å². The van der Waals surface area contributed by atoms with Gasteiger partial charge in [-0.3, -0.25) is 5.43 Å². The van der Waals surface area contributed by atoms with Gasteiger partial charge in [0.05, 0.1) is 12.8 Å². The number of aryl methyl sites for hydroxylation is 3. The van der Waals surface area contributed by atoms with Gasteiger partial charge < -0.3 is 9.64 Å². The molecule has 0 unspecified atom stereocenters. The maximum absolute atomic E-state index is 5.85. The Morgan fingerprint density at radius 1 is 1.00 bits per heavy atom. The van der Waals surface area contributed by atoms with E-state index in [-0.39, 0.29) is 0 Å². The first-order valence-electron chi connectivity index (χ1n) is 10.0. The summed E-state index contributed by atoms with van der Waals surface area (Å²) in [4.78, 5) is 10.8. The number of benzene rings is 2. The highest BCUT2D eigenvalue weighted by atomic mass is 16.5. The van der Waals surface area contributed by atoms with Crippen molar-refractivity contribution >= 4 is 17.9 Å². The van der Waals surface area contributed by atoms with Gasteiger partial charge >= 0.3 is 6.01 Å². The van der Waals surface area contributed by atoms with E-state index in [0.717, 1.165) is 17.8 Å². The second kappa shape index (κ2) is 9.87. The molecular weight excluding hydrogens is 374 g/mol. The molecule has 1 heterocycles. The van der Waals surface area contributed by atoms with Crippen molar-refractivity contribution in [2.75, 3.05) is 31.0 Å². The highest BCUT2D eigenvalue weighted by Gasteiger charge is 2.08. The van der Waals surface area contributed by atoms with Crippen LogP contribution in [0.5, 0.6) is 6.01 Å². The van der Waals surface area contributed by atoms with Crippen LogP contribution < -0.4 is 15.1 Å². The van der Waals surface area contributed by atoms with Crippen LogP contribution in [0.15, 0.2) is 53.6 Å². The zero-order chi connectivity index (χ0) is 21.5. The highest BCUT2D eigenvalue weighted by Crippen LogP contribution is 2.18. The fourth-order valence-electron chi connectivity index (χ4n) is 2.91. The van der Waals surface area contributed by atoms with Crippen molar-refractivity contribution in [3.63, 3.8) is 0 Å². The van der Waals surface area contributed by atoms with E-state index in [0.29, 0.717) is 18.4 Å². The molecule has 1 N–H and O–H groups in total. The number of hydrazone groups is 1. The summed E-state index contributed by atoms with van der Waals surface area (Å²) in [5, 5.41) is 4.30. The third kappa shape index (κ3) is 6.04. The molecule has 30 heavy (non-hydrogen) atoms. The Kier molecular flexibility index (Phi) is 7.01. The number of nitrogens with one attached hydrogen (secondary N) is 1. The van der Waals surface area contributed by atoms with E-state index >= 15 is 0 Å². The summed E-state index contributed by atoms with van der Waals surface area (Å²) in [6.45, 7) is 6.80. The van der Waals surface area contributed by atoms with Gasteiger partial charge in [0.2, 0.25) is 0 Å². The van der Waals surface area contributed by atoms with Gasteiger partial charge in [0.15, 0.2) is 5.82 Å². The molecule has 0 bridgehead atoms. The molecule has 1 aromatic heterocycles. The van der Waals surface area contributed by atoms with E-state index in [1.165, 1.54) is 22.3 Å². The first-order chi connectivity index (χ1) is 14.4. The van der Waals surface area contributed by atoms with Gasteiger partial charge in [-0.25, -0.2) is 0 Å². The molecule has 3 rings (SSSR count). The molecule has 0 aliphatic carbocycles. The van der Waals surface area contributed by atoms with Crippen molar-refractivity contribution in [1.82, 2.24) is 9.97 Å². The smallest absolute Gasteiger partial charge is 0.320 e. The molecule has 0 saturated carbocycles. The topological polar surface area (TPSA) is 62.6 Å². The maximum Gasteiger partial charge on any atom is 0.320 e. The fraction of sp³-hybridized carbons (Fsp3) is 0.292. The number of ether oxygens (including phenoxy) is 1. The molecule has 2 aromatic carbocycles. The minimum Gasteiger partial charge on any atom is -0.463 e. The Balaban J connectivity index is 1.66. The van der Waals surface area contributed by atoms with Crippen molar-refractivity contribution in [2.24, 2.45) is 5.10 Å². The van der Waals surface area contributed by atoms with E-state index < -0.39 is 0 Å². The molecule has 0 radical (unpaired) electrons. The van der Waals surface area contributed by atoms with Crippen molar-refractivity contribution in [3.8, 4) is 6.01 Å². The van der Waals surface area contributed by atoms with Crippen LogP contribution in [-0.2, 0) is 6.42 Å².